The second-order valence-electron chi connectivity index (χ2n) is 5.76. The summed E-state index contributed by atoms with van der Waals surface area (Å²) in [6.07, 6.45) is 0.667. The van der Waals surface area contributed by atoms with Crippen LogP contribution in [0.15, 0.2) is 48.5 Å². The molecule has 1 heterocycles. The lowest BCUT2D eigenvalue weighted by Gasteiger charge is -2.17. The Bertz CT molecular complexity index is 758. The van der Waals surface area contributed by atoms with Crippen LogP contribution in [0.2, 0.25) is 0 Å². The molecular formula is C18H18N2O5. The van der Waals surface area contributed by atoms with Gasteiger partial charge in [-0.15, -0.1) is 0 Å². The highest BCUT2D eigenvalue weighted by molar-refractivity contribution is 5.94. The van der Waals surface area contributed by atoms with Gasteiger partial charge in [-0.3, -0.25) is 14.9 Å². The van der Waals surface area contributed by atoms with E-state index in [-0.39, 0.29) is 17.7 Å². The third-order valence-electron chi connectivity index (χ3n) is 4.12. The highest BCUT2D eigenvalue weighted by atomic mass is 16.6. The van der Waals surface area contributed by atoms with Gasteiger partial charge in [-0.2, -0.15) is 0 Å². The van der Waals surface area contributed by atoms with Crippen molar-refractivity contribution >= 4 is 11.6 Å². The van der Waals surface area contributed by atoms with Gasteiger partial charge in [-0.1, -0.05) is 0 Å². The lowest BCUT2D eigenvalue weighted by Crippen LogP contribution is -2.30. The third kappa shape index (κ3) is 3.88. The second-order valence-corrected chi connectivity index (χ2v) is 5.76. The van der Waals surface area contributed by atoms with Gasteiger partial charge in [0.1, 0.15) is 17.6 Å². The summed E-state index contributed by atoms with van der Waals surface area (Å²) in [6, 6.07) is 13.0. The highest BCUT2D eigenvalue weighted by Gasteiger charge is 2.28. The van der Waals surface area contributed by atoms with Gasteiger partial charge in [-0.25, -0.2) is 0 Å². The van der Waals surface area contributed by atoms with Gasteiger partial charge in [0.2, 0.25) is 0 Å². The summed E-state index contributed by atoms with van der Waals surface area (Å²) < 4.78 is 11.0. The number of carbonyl (C=O) groups excluding carboxylic acids is 1. The molecule has 0 radical (unpaired) electrons. The van der Waals surface area contributed by atoms with Crippen LogP contribution in [-0.2, 0) is 0 Å². The third-order valence-corrected chi connectivity index (χ3v) is 4.12. The Labute approximate surface area is 144 Å². The zero-order valence-electron chi connectivity index (χ0n) is 13.8. The molecule has 0 bridgehead atoms. The maximum Gasteiger partial charge on any atom is 0.269 e. The summed E-state index contributed by atoms with van der Waals surface area (Å²) in [5.74, 6) is 1.35. The monoisotopic (exact) mass is 342 g/mol. The maximum atomic E-state index is 12.5. The van der Waals surface area contributed by atoms with E-state index in [1.807, 2.05) is 24.3 Å². The Morgan fingerprint density at radius 3 is 2.36 bits per heavy atom. The van der Waals surface area contributed by atoms with Crippen LogP contribution in [-0.4, -0.2) is 42.0 Å². The zero-order valence-corrected chi connectivity index (χ0v) is 13.8. The molecule has 3 rings (SSSR count). The van der Waals surface area contributed by atoms with Crippen LogP contribution < -0.4 is 9.47 Å². The van der Waals surface area contributed by atoms with Gasteiger partial charge in [0, 0.05) is 30.7 Å². The number of methoxy groups -OCH3 is 1. The molecule has 0 N–H and O–H groups in total. The molecule has 7 heteroatoms. The summed E-state index contributed by atoms with van der Waals surface area (Å²) in [7, 11) is 1.61. The van der Waals surface area contributed by atoms with Gasteiger partial charge < -0.3 is 14.4 Å². The first-order chi connectivity index (χ1) is 12.1. The zero-order chi connectivity index (χ0) is 17.8. The molecule has 0 saturated carbocycles. The molecule has 1 saturated heterocycles. The standard InChI is InChI=1S/C18H18N2O5/c1-24-15-6-8-16(9-7-15)25-17-10-11-19(12-17)18(21)13-2-4-14(5-3-13)20(22)23/h2-9,17H,10-12H2,1H3/t17-/m1/s1. The fraction of sp³-hybridized carbons (Fsp3) is 0.278. The lowest BCUT2D eigenvalue weighted by molar-refractivity contribution is -0.384. The number of rotatable bonds is 5. The van der Waals surface area contributed by atoms with Crippen molar-refractivity contribution in [3.8, 4) is 11.5 Å². The summed E-state index contributed by atoms with van der Waals surface area (Å²) in [5.41, 5.74) is 0.411. The molecule has 1 atom stereocenters. The summed E-state index contributed by atoms with van der Waals surface area (Å²) in [5, 5.41) is 10.7. The van der Waals surface area contributed by atoms with Crippen molar-refractivity contribution in [3.63, 3.8) is 0 Å². The molecule has 2 aromatic rings. The normalized spacial score (nSPS) is 16.5. The predicted molar refractivity (Wildman–Crippen MR) is 91.0 cm³/mol. The minimum Gasteiger partial charge on any atom is -0.497 e. The fourth-order valence-electron chi connectivity index (χ4n) is 2.76. The van der Waals surface area contributed by atoms with Crippen LogP contribution in [0, 0.1) is 10.1 Å². The molecular weight excluding hydrogens is 324 g/mol. The van der Waals surface area contributed by atoms with Crippen molar-refractivity contribution in [2.45, 2.75) is 12.5 Å². The number of likely N-dealkylation sites (tertiary alicyclic amines) is 1. The molecule has 1 aliphatic heterocycles. The Balaban J connectivity index is 1.59. The fourth-order valence-corrected chi connectivity index (χ4v) is 2.76. The van der Waals surface area contributed by atoms with Crippen LogP contribution in [0.25, 0.3) is 0 Å². The first kappa shape index (κ1) is 16.8. The first-order valence-electron chi connectivity index (χ1n) is 7.91. The van der Waals surface area contributed by atoms with E-state index in [0.29, 0.717) is 18.7 Å². The smallest absolute Gasteiger partial charge is 0.269 e. The van der Waals surface area contributed by atoms with Gasteiger partial charge in [0.25, 0.3) is 11.6 Å². The topological polar surface area (TPSA) is 81.9 Å². The van der Waals surface area contributed by atoms with Crippen LogP contribution >= 0.6 is 0 Å². The quantitative estimate of drug-likeness (QED) is 0.616. The van der Waals surface area contributed by atoms with Gasteiger partial charge in [0.15, 0.2) is 0 Å². The van der Waals surface area contributed by atoms with Crippen molar-refractivity contribution in [2.24, 2.45) is 0 Å². The number of nitro groups is 1. The van der Waals surface area contributed by atoms with Crippen molar-refractivity contribution in [1.29, 1.82) is 0 Å². The second kappa shape index (κ2) is 7.21. The van der Waals surface area contributed by atoms with Gasteiger partial charge in [0.05, 0.1) is 18.6 Å². The van der Waals surface area contributed by atoms with E-state index in [2.05, 4.69) is 0 Å². The predicted octanol–water partition coefficient (Wildman–Crippen LogP) is 2.90. The number of nitro benzene ring substituents is 1. The van der Waals surface area contributed by atoms with Crippen LogP contribution in [0.1, 0.15) is 16.8 Å². The Morgan fingerprint density at radius 2 is 1.76 bits per heavy atom. The molecule has 130 valence electrons. The van der Waals surface area contributed by atoms with E-state index < -0.39 is 4.92 Å². The molecule has 0 aromatic heterocycles. The van der Waals surface area contributed by atoms with Crippen molar-refractivity contribution in [1.82, 2.24) is 4.90 Å². The maximum absolute atomic E-state index is 12.5. The Morgan fingerprint density at radius 1 is 1.12 bits per heavy atom. The highest BCUT2D eigenvalue weighted by Crippen LogP contribution is 2.23. The minimum atomic E-state index is -0.483. The number of nitrogens with zero attached hydrogens (tertiary/aromatic N) is 2. The van der Waals surface area contributed by atoms with Crippen molar-refractivity contribution in [3.05, 3.63) is 64.2 Å². The number of benzene rings is 2. The largest absolute Gasteiger partial charge is 0.497 e. The molecule has 1 amide bonds. The molecule has 7 nitrogen and oxygen atoms in total. The van der Waals surface area contributed by atoms with Crippen LogP contribution in [0.4, 0.5) is 5.69 Å². The number of hydrogen-bond donors (Lipinski definition) is 0. The molecule has 0 unspecified atom stereocenters. The molecule has 1 fully saturated rings. The summed E-state index contributed by atoms with van der Waals surface area (Å²) in [4.78, 5) is 24.4. The van der Waals surface area contributed by atoms with E-state index >= 15 is 0 Å². The van der Waals surface area contributed by atoms with E-state index in [4.69, 9.17) is 9.47 Å². The molecule has 2 aromatic carbocycles. The number of amides is 1. The molecule has 0 aliphatic carbocycles. The van der Waals surface area contributed by atoms with Crippen molar-refractivity contribution in [2.75, 3.05) is 20.2 Å². The Hall–Kier alpha value is -3.09. The van der Waals surface area contributed by atoms with E-state index in [9.17, 15) is 14.9 Å². The van der Waals surface area contributed by atoms with Crippen LogP contribution in [0.3, 0.4) is 0 Å². The molecule has 1 aliphatic rings. The lowest BCUT2D eigenvalue weighted by atomic mass is 10.2. The van der Waals surface area contributed by atoms with Gasteiger partial charge >= 0.3 is 0 Å². The number of carbonyl (C=O) groups is 1. The van der Waals surface area contributed by atoms with E-state index in [1.165, 1.54) is 24.3 Å². The van der Waals surface area contributed by atoms with E-state index in [1.54, 1.807) is 12.0 Å². The SMILES string of the molecule is COc1ccc(O[C@@H]2CCN(C(=O)c3ccc([N+](=O)[O-])cc3)C2)cc1. The Kier molecular flexibility index (Phi) is 4.83. The summed E-state index contributed by atoms with van der Waals surface area (Å²) >= 11 is 0. The van der Waals surface area contributed by atoms with E-state index in [0.717, 1.165) is 17.9 Å². The number of non-ortho nitro benzene ring substituents is 1. The number of ether oxygens (including phenoxy) is 2. The van der Waals surface area contributed by atoms with Crippen molar-refractivity contribution < 1.29 is 19.2 Å². The average Bonchev–Trinajstić information content (AvgIpc) is 3.10. The first-order valence-corrected chi connectivity index (χ1v) is 7.91. The number of hydrogen-bond acceptors (Lipinski definition) is 5. The molecule has 0 spiro atoms. The average molecular weight is 342 g/mol. The minimum absolute atomic E-state index is 0.0290. The summed E-state index contributed by atoms with van der Waals surface area (Å²) in [6.45, 7) is 1.08. The molecule has 25 heavy (non-hydrogen) atoms. The van der Waals surface area contributed by atoms with Gasteiger partial charge in [-0.05, 0) is 36.4 Å². The van der Waals surface area contributed by atoms with Crippen LogP contribution in [0.5, 0.6) is 11.5 Å².